The Morgan fingerprint density at radius 1 is 0.960 bits per heavy atom. The Balaban J connectivity index is 1.87. The van der Waals surface area contributed by atoms with Gasteiger partial charge in [0.15, 0.2) is 11.5 Å². The van der Waals surface area contributed by atoms with Crippen LogP contribution >= 0.6 is 0 Å². The highest BCUT2D eigenvalue weighted by Gasteiger charge is 2.13. The molecular formula is C20H20N2O3. The number of methoxy groups -OCH3 is 2. The molecular weight excluding hydrogens is 316 g/mol. The van der Waals surface area contributed by atoms with Crippen LogP contribution in [0, 0.1) is 6.92 Å². The summed E-state index contributed by atoms with van der Waals surface area (Å²) in [4.78, 5) is 12.6. The monoisotopic (exact) mass is 336 g/mol. The summed E-state index contributed by atoms with van der Waals surface area (Å²) in [6.07, 6.45) is 3.88. The van der Waals surface area contributed by atoms with Gasteiger partial charge in [0.05, 0.1) is 14.2 Å². The van der Waals surface area contributed by atoms with Crippen molar-refractivity contribution in [3.05, 3.63) is 72.1 Å². The van der Waals surface area contributed by atoms with Crippen molar-refractivity contribution in [1.82, 2.24) is 4.57 Å². The highest BCUT2D eigenvalue weighted by atomic mass is 16.5. The highest BCUT2D eigenvalue weighted by molar-refractivity contribution is 6.05. The summed E-state index contributed by atoms with van der Waals surface area (Å²) in [5.74, 6) is 1.03. The van der Waals surface area contributed by atoms with E-state index in [1.165, 1.54) is 0 Å². The van der Waals surface area contributed by atoms with E-state index in [1.807, 2.05) is 60.3 Å². The minimum Gasteiger partial charge on any atom is -0.493 e. The molecule has 0 radical (unpaired) electrons. The Labute approximate surface area is 146 Å². The van der Waals surface area contributed by atoms with Gasteiger partial charge in [-0.15, -0.1) is 0 Å². The second-order valence-corrected chi connectivity index (χ2v) is 5.62. The van der Waals surface area contributed by atoms with Crippen molar-refractivity contribution in [1.29, 1.82) is 0 Å². The van der Waals surface area contributed by atoms with Crippen molar-refractivity contribution in [2.75, 3.05) is 19.5 Å². The molecule has 2 aromatic carbocycles. The molecule has 0 aliphatic rings. The van der Waals surface area contributed by atoms with Crippen LogP contribution in [-0.4, -0.2) is 24.7 Å². The number of carbonyl (C=O) groups is 1. The first kappa shape index (κ1) is 16.6. The number of nitrogens with zero attached hydrogens (tertiary/aromatic N) is 1. The summed E-state index contributed by atoms with van der Waals surface area (Å²) < 4.78 is 12.5. The van der Waals surface area contributed by atoms with Gasteiger partial charge in [-0.2, -0.15) is 0 Å². The molecule has 3 rings (SSSR count). The fraction of sp³-hybridized carbons (Fsp3) is 0.150. The predicted octanol–water partition coefficient (Wildman–Crippen LogP) is 4.06. The van der Waals surface area contributed by atoms with Gasteiger partial charge in [0.2, 0.25) is 0 Å². The van der Waals surface area contributed by atoms with Crippen molar-refractivity contribution < 1.29 is 14.3 Å². The largest absolute Gasteiger partial charge is 0.493 e. The first-order valence-corrected chi connectivity index (χ1v) is 7.89. The van der Waals surface area contributed by atoms with Crippen molar-refractivity contribution in [3.8, 4) is 17.2 Å². The molecule has 0 aliphatic heterocycles. The topological polar surface area (TPSA) is 52.5 Å². The van der Waals surface area contributed by atoms with Crippen molar-refractivity contribution >= 4 is 11.6 Å². The quantitative estimate of drug-likeness (QED) is 0.764. The average Bonchev–Trinajstić information content (AvgIpc) is 3.17. The Kier molecular flexibility index (Phi) is 4.75. The third-order valence-electron chi connectivity index (χ3n) is 3.99. The van der Waals surface area contributed by atoms with Crippen LogP contribution < -0.4 is 14.8 Å². The number of carbonyl (C=O) groups excluding carboxylic acids is 1. The van der Waals surface area contributed by atoms with Gasteiger partial charge in [0.1, 0.15) is 0 Å². The SMILES string of the molecule is COc1cc(C)c(NC(=O)c2cccc(-n3cccc3)c2)cc1OC. The van der Waals surface area contributed by atoms with Crippen LogP contribution in [0.5, 0.6) is 11.5 Å². The van der Waals surface area contributed by atoms with Gasteiger partial charge in [0, 0.05) is 35.4 Å². The molecule has 0 unspecified atom stereocenters. The molecule has 1 heterocycles. The van der Waals surface area contributed by atoms with E-state index in [2.05, 4.69) is 5.32 Å². The summed E-state index contributed by atoms with van der Waals surface area (Å²) in [6, 6.07) is 15.0. The average molecular weight is 336 g/mol. The van der Waals surface area contributed by atoms with Gasteiger partial charge in [0.25, 0.3) is 5.91 Å². The summed E-state index contributed by atoms with van der Waals surface area (Å²) in [7, 11) is 3.15. The number of aromatic nitrogens is 1. The molecule has 0 aliphatic carbocycles. The van der Waals surface area contributed by atoms with Crippen LogP contribution in [0.25, 0.3) is 5.69 Å². The van der Waals surface area contributed by atoms with Gasteiger partial charge in [-0.3, -0.25) is 4.79 Å². The molecule has 1 amide bonds. The zero-order valence-corrected chi connectivity index (χ0v) is 14.4. The number of hydrogen-bond acceptors (Lipinski definition) is 3. The first-order chi connectivity index (χ1) is 12.1. The third kappa shape index (κ3) is 3.50. The molecule has 0 fully saturated rings. The van der Waals surface area contributed by atoms with Crippen LogP contribution in [0.1, 0.15) is 15.9 Å². The Bertz CT molecular complexity index is 886. The number of amides is 1. The number of hydrogen-bond donors (Lipinski definition) is 1. The second-order valence-electron chi connectivity index (χ2n) is 5.62. The van der Waals surface area contributed by atoms with Crippen molar-refractivity contribution in [2.45, 2.75) is 6.92 Å². The maximum atomic E-state index is 12.6. The lowest BCUT2D eigenvalue weighted by molar-refractivity contribution is 0.102. The molecule has 128 valence electrons. The summed E-state index contributed by atoms with van der Waals surface area (Å²) in [6.45, 7) is 1.91. The predicted molar refractivity (Wildman–Crippen MR) is 98.0 cm³/mol. The first-order valence-electron chi connectivity index (χ1n) is 7.89. The summed E-state index contributed by atoms with van der Waals surface area (Å²) in [5, 5.41) is 2.94. The van der Waals surface area contributed by atoms with E-state index >= 15 is 0 Å². The molecule has 5 heteroatoms. The van der Waals surface area contributed by atoms with E-state index in [4.69, 9.17) is 9.47 Å². The summed E-state index contributed by atoms with van der Waals surface area (Å²) >= 11 is 0. The number of benzene rings is 2. The zero-order chi connectivity index (χ0) is 17.8. The van der Waals surface area contributed by atoms with E-state index in [-0.39, 0.29) is 5.91 Å². The lowest BCUT2D eigenvalue weighted by Gasteiger charge is -2.14. The van der Waals surface area contributed by atoms with Gasteiger partial charge in [-0.25, -0.2) is 0 Å². The number of nitrogens with one attached hydrogen (secondary N) is 1. The van der Waals surface area contributed by atoms with E-state index in [0.29, 0.717) is 22.7 Å². The molecule has 1 N–H and O–H groups in total. The molecule has 0 saturated carbocycles. The van der Waals surface area contributed by atoms with Crippen molar-refractivity contribution in [3.63, 3.8) is 0 Å². The van der Waals surface area contributed by atoms with Gasteiger partial charge >= 0.3 is 0 Å². The number of rotatable bonds is 5. The molecule has 0 bridgehead atoms. The number of aryl methyl sites for hydroxylation is 1. The molecule has 0 spiro atoms. The van der Waals surface area contributed by atoms with Gasteiger partial charge < -0.3 is 19.4 Å². The normalized spacial score (nSPS) is 10.4. The third-order valence-corrected chi connectivity index (χ3v) is 3.99. The highest BCUT2D eigenvalue weighted by Crippen LogP contribution is 2.33. The fourth-order valence-corrected chi connectivity index (χ4v) is 2.62. The van der Waals surface area contributed by atoms with E-state index < -0.39 is 0 Å². The fourth-order valence-electron chi connectivity index (χ4n) is 2.62. The van der Waals surface area contributed by atoms with E-state index in [1.54, 1.807) is 26.4 Å². The van der Waals surface area contributed by atoms with E-state index in [9.17, 15) is 4.79 Å². The Hall–Kier alpha value is -3.21. The summed E-state index contributed by atoms with van der Waals surface area (Å²) in [5.41, 5.74) is 3.10. The molecule has 1 aromatic heterocycles. The van der Waals surface area contributed by atoms with Crippen LogP contribution in [-0.2, 0) is 0 Å². The molecule has 3 aromatic rings. The molecule has 25 heavy (non-hydrogen) atoms. The lowest BCUT2D eigenvalue weighted by atomic mass is 10.1. The van der Waals surface area contributed by atoms with Crippen LogP contribution in [0.4, 0.5) is 5.69 Å². The molecule has 0 saturated heterocycles. The van der Waals surface area contributed by atoms with Crippen LogP contribution in [0.3, 0.4) is 0 Å². The van der Waals surface area contributed by atoms with Gasteiger partial charge in [-0.1, -0.05) is 6.07 Å². The van der Waals surface area contributed by atoms with E-state index in [0.717, 1.165) is 11.3 Å². The van der Waals surface area contributed by atoms with Crippen LogP contribution in [0.2, 0.25) is 0 Å². The van der Waals surface area contributed by atoms with Crippen LogP contribution in [0.15, 0.2) is 60.9 Å². The maximum Gasteiger partial charge on any atom is 0.255 e. The Morgan fingerprint density at radius 3 is 2.32 bits per heavy atom. The maximum absolute atomic E-state index is 12.6. The molecule has 5 nitrogen and oxygen atoms in total. The van der Waals surface area contributed by atoms with Crippen molar-refractivity contribution in [2.24, 2.45) is 0 Å². The second kappa shape index (κ2) is 7.13. The smallest absolute Gasteiger partial charge is 0.255 e. The zero-order valence-electron chi connectivity index (χ0n) is 14.4. The minimum absolute atomic E-state index is 0.177. The molecule has 0 atom stereocenters. The Morgan fingerprint density at radius 2 is 1.64 bits per heavy atom. The van der Waals surface area contributed by atoms with Gasteiger partial charge in [-0.05, 0) is 48.9 Å². The number of ether oxygens (including phenoxy) is 2. The standard InChI is InChI=1S/C20H20N2O3/c1-14-11-18(24-2)19(25-3)13-17(14)21-20(23)15-7-6-8-16(12-15)22-9-4-5-10-22/h4-13H,1-3H3,(H,21,23). The minimum atomic E-state index is -0.177. The lowest BCUT2D eigenvalue weighted by Crippen LogP contribution is -2.13. The number of anilines is 1.